The highest BCUT2D eigenvalue weighted by atomic mass is 35.5. The standard InChI is InChI=1S/C13H18N2.ClH/c1-3-7-12(8-4-1)11-15-13-9-5-2-6-10-14-13;/h1,3-4,7-8H,2,5-6,9-11H2,(H,14,15);1H/p-1. The van der Waals surface area contributed by atoms with Gasteiger partial charge in [-0.25, -0.2) is 0 Å². The van der Waals surface area contributed by atoms with Crippen molar-refractivity contribution in [2.75, 3.05) is 6.54 Å². The van der Waals surface area contributed by atoms with Gasteiger partial charge >= 0.3 is 0 Å². The number of amidine groups is 1. The van der Waals surface area contributed by atoms with E-state index in [9.17, 15) is 0 Å². The van der Waals surface area contributed by atoms with Gasteiger partial charge in [0.1, 0.15) is 0 Å². The van der Waals surface area contributed by atoms with Crippen molar-refractivity contribution in [2.45, 2.75) is 32.2 Å². The summed E-state index contributed by atoms with van der Waals surface area (Å²) < 4.78 is 0. The number of hydrogen-bond donors (Lipinski definition) is 1. The third-order valence-corrected chi connectivity index (χ3v) is 2.71. The second kappa shape index (κ2) is 7.29. The lowest BCUT2D eigenvalue weighted by Gasteiger charge is -2.07. The van der Waals surface area contributed by atoms with E-state index in [-0.39, 0.29) is 12.4 Å². The lowest BCUT2D eigenvalue weighted by molar-refractivity contribution is -0.00000320. The van der Waals surface area contributed by atoms with Gasteiger partial charge in [-0.15, -0.1) is 0 Å². The highest BCUT2D eigenvalue weighted by Crippen LogP contribution is 2.06. The monoisotopic (exact) mass is 237 g/mol. The van der Waals surface area contributed by atoms with Gasteiger partial charge in [-0.3, -0.25) is 4.99 Å². The molecule has 3 heteroatoms. The van der Waals surface area contributed by atoms with Gasteiger partial charge in [0.2, 0.25) is 0 Å². The third-order valence-electron chi connectivity index (χ3n) is 2.71. The number of benzene rings is 1. The highest BCUT2D eigenvalue weighted by molar-refractivity contribution is 5.82. The van der Waals surface area contributed by atoms with Crippen LogP contribution in [0.2, 0.25) is 0 Å². The molecule has 0 radical (unpaired) electrons. The maximum atomic E-state index is 4.54. The summed E-state index contributed by atoms with van der Waals surface area (Å²) in [6, 6.07) is 10.5. The normalized spacial score (nSPS) is 15.6. The van der Waals surface area contributed by atoms with E-state index in [1.807, 2.05) is 6.07 Å². The SMILES string of the molecule is [Cl-].c1ccc(CNC2=NCCCCC2)cc1. The average molecular weight is 238 g/mol. The van der Waals surface area contributed by atoms with Crippen LogP contribution in [0.15, 0.2) is 35.3 Å². The van der Waals surface area contributed by atoms with Crippen LogP contribution < -0.4 is 17.7 Å². The number of aliphatic imine (C=N–C) groups is 1. The van der Waals surface area contributed by atoms with Crippen molar-refractivity contribution in [1.82, 2.24) is 5.32 Å². The summed E-state index contributed by atoms with van der Waals surface area (Å²) >= 11 is 0. The zero-order valence-corrected chi connectivity index (χ0v) is 10.2. The summed E-state index contributed by atoms with van der Waals surface area (Å²) in [7, 11) is 0. The van der Waals surface area contributed by atoms with E-state index in [1.165, 1.54) is 30.7 Å². The van der Waals surface area contributed by atoms with Crippen molar-refractivity contribution in [2.24, 2.45) is 4.99 Å². The van der Waals surface area contributed by atoms with Crippen molar-refractivity contribution in [1.29, 1.82) is 0 Å². The minimum absolute atomic E-state index is 0. The molecule has 16 heavy (non-hydrogen) atoms. The Morgan fingerprint density at radius 2 is 1.88 bits per heavy atom. The quantitative estimate of drug-likeness (QED) is 0.754. The summed E-state index contributed by atoms with van der Waals surface area (Å²) in [6.45, 7) is 1.90. The van der Waals surface area contributed by atoms with Crippen LogP contribution in [0.4, 0.5) is 0 Å². The van der Waals surface area contributed by atoms with Crippen LogP contribution in [-0.2, 0) is 6.54 Å². The molecule has 2 nitrogen and oxygen atoms in total. The summed E-state index contributed by atoms with van der Waals surface area (Å²) in [5.41, 5.74) is 1.32. The van der Waals surface area contributed by atoms with Gasteiger partial charge in [-0.2, -0.15) is 0 Å². The fourth-order valence-corrected chi connectivity index (χ4v) is 1.82. The topological polar surface area (TPSA) is 24.4 Å². The van der Waals surface area contributed by atoms with Crippen LogP contribution in [0, 0.1) is 0 Å². The molecule has 1 aromatic carbocycles. The predicted molar refractivity (Wildman–Crippen MR) is 64.1 cm³/mol. The van der Waals surface area contributed by atoms with Crippen LogP contribution >= 0.6 is 0 Å². The highest BCUT2D eigenvalue weighted by Gasteiger charge is 2.03. The molecule has 0 saturated heterocycles. The molecule has 88 valence electrons. The van der Waals surface area contributed by atoms with Crippen molar-refractivity contribution in [3.63, 3.8) is 0 Å². The molecule has 0 unspecified atom stereocenters. The average Bonchev–Trinajstić information content (AvgIpc) is 2.56. The molecule has 0 atom stereocenters. The Hall–Kier alpha value is -1.02. The number of hydrogen-bond acceptors (Lipinski definition) is 2. The molecule has 1 N–H and O–H groups in total. The second-order valence-corrected chi connectivity index (χ2v) is 3.98. The number of nitrogens with zero attached hydrogens (tertiary/aromatic N) is 1. The maximum absolute atomic E-state index is 4.54. The molecule has 0 aromatic heterocycles. The Morgan fingerprint density at radius 3 is 2.69 bits per heavy atom. The van der Waals surface area contributed by atoms with Crippen LogP contribution in [0.5, 0.6) is 0 Å². The number of rotatable bonds is 2. The molecule has 1 aromatic rings. The molecular formula is C13H18ClN2-. The summed E-state index contributed by atoms with van der Waals surface area (Å²) in [5, 5.41) is 3.43. The van der Waals surface area contributed by atoms with E-state index in [1.54, 1.807) is 0 Å². The van der Waals surface area contributed by atoms with Crippen molar-refractivity contribution < 1.29 is 12.4 Å². The van der Waals surface area contributed by atoms with E-state index >= 15 is 0 Å². The molecule has 0 saturated carbocycles. The van der Waals surface area contributed by atoms with Gasteiger partial charge in [0, 0.05) is 19.5 Å². The first kappa shape index (κ1) is 13.0. The van der Waals surface area contributed by atoms with Crippen LogP contribution in [0.3, 0.4) is 0 Å². The molecule has 1 aliphatic heterocycles. The van der Waals surface area contributed by atoms with Crippen molar-refractivity contribution in [3.05, 3.63) is 35.9 Å². The maximum Gasteiger partial charge on any atom is 0.0965 e. The minimum atomic E-state index is 0. The molecule has 0 aliphatic carbocycles. The number of nitrogens with one attached hydrogen (secondary N) is 1. The van der Waals surface area contributed by atoms with Gasteiger partial charge in [0.15, 0.2) is 0 Å². The molecule has 1 heterocycles. The molecular weight excluding hydrogens is 220 g/mol. The van der Waals surface area contributed by atoms with Crippen LogP contribution in [-0.4, -0.2) is 12.4 Å². The number of halogens is 1. The van der Waals surface area contributed by atoms with E-state index in [0.29, 0.717) is 0 Å². The molecule has 0 spiro atoms. The Bertz CT molecular complexity index is 322. The molecule has 0 fully saturated rings. The van der Waals surface area contributed by atoms with Crippen LogP contribution in [0.1, 0.15) is 31.2 Å². The van der Waals surface area contributed by atoms with E-state index in [0.717, 1.165) is 19.5 Å². The first-order valence-corrected chi connectivity index (χ1v) is 5.76. The Labute approximate surface area is 104 Å². The lowest BCUT2D eigenvalue weighted by Crippen LogP contribution is -3.00. The van der Waals surface area contributed by atoms with Gasteiger partial charge in [-0.1, -0.05) is 36.8 Å². The zero-order valence-electron chi connectivity index (χ0n) is 9.45. The minimum Gasteiger partial charge on any atom is -1.00 e. The van der Waals surface area contributed by atoms with E-state index in [2.05, 4.69) is 34.6 Å². The fourth-order valence-electron chi connectivity index (χ4n) is 1.82. The Morgan fingerprint density at radius 1 is 1.06 bits per heavy atom. The Balaban J connectivity index is 0.00000128. The summed E-state index contributed by atoms with van der Waals surface area (Å²) in [5.74, 6) is 1.19. The van der Waals surface area contributed by atoms with Gasteiger partial charge in [0.05, 0.1) is 5.84 Å². The summed E-state index contributed by atoms with van der Waals surface area (Å²) in [4.78, 5) is 4.54. The molecule has 0 bridgehead atoms. The largest absolute Gasteiger partial charge is 1.00 e. The van der Waals surface area contributed by atoms with E-state index < -0.39 is 0 Å². The van der Waals surface area contributed by atoms with Gasteiger partial charge < -0.3 is 17.7 Å². The van der Waals surface area contributed by atoms with Crippen molar-refractivity contribution >= 4 is 5.84 Å². The zero-order chi connectivity index (χ0) is 10.3. The molecule has 2 rings (SSSR count). The third kappa shape index (κ3) is 4.23. The van der Waals surface area contributed by atoms with E-state index in [4.69, 9.17) is 0 Å². The molecule has 1 aliphatic rings. The van der Waals surface area contributed by atoms with Gasteiger partial charge in [0.25, 0.3) is 0 Å². The first-order valence-electron chi connectivity index (χ1n) is 5.76. The van der Waals surface area contributed by atoms with Crippen molar-refractivity contribution in [3.8, 4) is 0 Å². The first-order chi connectivity index (χ1) is 7.45. The summed E-state index contributed by atoms with van der Waals surface area (Å²) in [6.07, 6.45) is 4.96. The lowest BCUT2D eigenvalue weighted by atomic mass is 10.2. The Kier molecular flexibility index (Phi) is 5.94. The predicted octanol–water partition coefficient (Wildman–Crippen LogP) is -0.247. The second-order valence-electron chi connectivity index (χ2n) is 3.98. The van der Waals surface area contributed by atoms with Crippen LogP contribution in [0.25, 0.3) is 0 Å². The smallest absolute Gasteiger partial charge is 0.0965 e. The van der Waals surface area contributed by atoms with Gasteiger partial charge in [-0.05, 0) is 18.4 Å². The molecule has 0 amide bonds. The fraction of sp³-hybridized carbons (Fsp3) is 0.462.